The van der Waals surface area contributed by atoms with Crippen molar-refractivity contribution in [2.75, 3.05) is 4.90 Å². The molecule has 0 radical (unpaired) electrons. The van der Waals surface area contributed by atoms with Crippen LogP contribution in [0.2, 0.25) is 0 Å². The third-order valence-corrected chi connectivity index (χ3v) is 4.47. The zero-order chi connectivity index (χ0) is 21.4. The van der Waals surface area contributed by atoms with Gasteiger partial charge in [-0.15, -0.1) is 0 Å². The first-order valence-corrected chi connectivity index (χ1v) is 8.63. The number of fused-ring (bicyclic) bond motifs is 1. The van der Waals surface area contributed by atoms with E-state index >= 15 is 0 Å². The third-order valence-electron chi connectivity index (χ3n) is 4.47. The Balaban J connectivity index is 1.65. The van der Waals surface area contributed by atoms with Crippen molar-refractivity contribution in [2.45, 2.75) is 0 Å². The predicted molar refractivity (Wildman–Crippen MR) is 104 cm³/mol. The van der Waals surface area contributed by atoms with Crippen molar-refractivity contribution in [3.63, 3.8) is 0 Å². The molecule has 0 aliphatic carbocycles. The van der Waals surface area contributed by atoms with Gasteiger partial charge >= 0.3 is 5.97 Å². The average molecular weight is 404 g/mol. The van der Waals surface area contributed by atoms with E-state index in [9.17, 15) is 24.5 Å². The van der Waals surface area contributed by atoms with Crippen molar-refractivity contribution in [3.05, 3.63) is 93.5 Å². The Labute approximate surface area is 168 Å². The van der Waals surface area contributed by atoms with Gasteiger partial charge in [-0.1, -0.05) is 12.1 Å². The Morgan fingerprint density at radius 3 is 2.33 bits per heavy atom. The van der Waals surface area contributed by atoms with Crippen LogP contribution in [0.4, 0.5) is 11.4 Å². The van der Waals surface area contributed by atoms with E-state index in [1.54, 1.807) is 0 Å². The highest BCUT2D eigenvalue weighted by atomic mass is 16.6. The molecule has 1 N–H and O–H groups in total. The average Bonchev–Trinajstić information content (AvgIpc) is 2.98. The van der Waals surface area contributed by atoms with E-state index < -0.39 is 22.7 Å². The fourth-order valence-corrected chi connectivity index (χ4v) is 3.09. The van der Waals surface area contributed by atoms with Crippen molar-refractivity contribution in [1.82, 2.24) is 0 Å². The Hall–Kier alpha value is -4.53. The van der Waals surface area contributed by atoms with Gasteiger partial charge in [-0.2, -0.15) is 0 Å². The first-order chi connectivity index (χ1) is 14.3. The van der Waals surface area contributed by atoms with Gasteiger partial charge in [0.25, 0.3) is 17.5 Å². The van der Waals surface area contributed by atoms with E-state index in [0.717, 1.165) is 4.90 Å². The van der Waals surface area contributed by atoms with E-state index in [-0.39, 0.29) is 39.6 Å². The molecular formula is C21H12N2O7. The van der Waals surface area contributed by atoms with Crippen LogP contribution in [0.3, 0.4) is 0 Å². The summed E-state index contributed by atoms with van der Waals surface area (Å²) in [6.45, 7) is 0. The number of anilines is 1. The lowest BCUT2D eigenvalue weighted by molar-refractivity contribution is -0.384. The summed E-state index contributed by atoms with van der Waals surface area (Å²) >= 11 is 0. The number of hydrogen-bond donors (Lipinski definition) is 1. The number of imide groups is 1. The molecule has 0 unspecified atom stereocenters. The molecule has 0 fully saturated rings. The number of rotatable bonds is 5. The molecule has 0 saturated heterocycles. The summed E-state index contributed by atoms with van der Waals surface area (Å²) < 4.78 is 5.61. The molecule has 1 heterocycles. The van der Waals surface area contributed by atoms with Crippen LogP contribution in [0.25, 0.3) is 0 Å². The van der Waals surface area contributed by atoms with E-state index in [1.165, 1.54) is 66.7 Å². The topological polar surface area (TPSA) is 127 Å². The molecule has 9 heteroatoms. The van der Waals surface area contributed by atoms with Gasteiger partial charge in [-0.25, -0.2) is 9.69 Å². The molecule has 30 heavy (non-hydrogen) atoms. The van der Waals surface area contributed by atoms with Gasteiger partial charge in [-0.05, 0) is 42.5 Å². The van der Waals surface area contributed by atoms with Crippen LogP contribution in [-0.2, 0) is 0 Å². The molecule has 2 amide bonds. The van der Waals surface area contributed by atoms with Crippen LogP contribution in [0, 0.1) is 10.1 Å². The number of hydrogen-bond acceptors (Lipinski definition) is 6. The molecule has 0 bridgehead atoms. The number of non-ortho nitro benzene ring substituents is 1. The zero-order valence-corrected chi connectivity index (χ0v) is 15.1. The molecule has 148 valence electrons. The second-order valence-electron chi connectivity index (χ2n) is 6.37. The van der Waals surface area contributed by atoms with Gasteiger partial charge in [-0.3, -0.25) is 19.7 Å². The molecule has 4 rings (SSSR count). The monoisotopic (exact) mass is 404 g/mol. The highest BCUT2D eigenvalue weighted by molar-refractivity contribution is 6.34. The van der Waals surface area contributed by atoms with Crippen LogP contribution in [-0.4, -0.2) is 27.8 Å². The number of aromatic carboxylic acids is 1. The lowest BCUT2D eigenvalue weighted by atomic mass is 10.1. The summed E-state index contributed by atoms with van der Waals surface area (Å²) in [6.07, 6.45) is 0. The van der Waals surface area contributed by atoms with Crippen molar-refractivity contribution in [2.24, 2.45) is 0 Å². The highest BCUT2D eigenvalue weighted by Crippen LogP contribution is 2.33. The zero-order valence-electron chi connectivity index (χ0n) is 15.1. The van der Waals surface area contributed by atoms with Crippen LogP contribution in [0.1, 0.15) is 31.1 Å². The molecule has 0 atom stereocenters. The third kappa shape index (κ3) is 3.24. The minimum atomic E-state index is -1.18. The quantitative estimate of drug-likeness (QED) is 0.388. The number of nitro benzene ring substituents is 1. The van der Waals surface area contributed by atoms with E-state index in [0.29, 0.717) is 0 Å². The van der Waals surface area contributed by atoms with Gasteiger partial charge in [0.05, 0.1) is 33.4 Å². The molecule has 0 saturated carbocycles. The van der Waals surface area contributed by atoms with Crippen molar-refractivity contribution in [1.29, 1.82) is 0 Å². The second kappa shape index (κ2) is 7.13. The number of carboxylic acid groups (broad SMARTS) is 1. The Morgan fingerprint density at radius 1 is 0.900 bits per heavy atom. The van der Waals surface area contributed by atoms with Crippen molar-refractivity contribution < 1.29 is 29.2 Å². The van der Waals surface area contributed by atoms with E-state index in [4.69, 9.17) is 9.84 Å². The van der Waals surface area contributed by atoms with Crippen molar-refractivity contribution in [3.8, 4) is 11.5 Å². The van der Waals surface area contributed by atoms with Gasteiger partial charge < -0.3 is 9.84 Å². The van der Waals surface area contributed by atoms with Crippen LogP contribution in [0.15, 0.2) is 66.7 Å². The maximum atomic E-state index is 12.8. The number of carboxylic acids is 1. The molecule has 1 aliphatic rings. The number of nitrogens with zero attached hydrogens (tertiary/aromatic N) is 2. The number of amides is 2. The summed E-state index contributed by atoms with van der Waals surface area (Å²) in [5.41, 5.74) is 0.168. The lowest BCUT2D eigenvalue weighted by Gasteiger charge is -2.14. The van der Waals surface area contributed by atoms with Gasteiger partial charge in [0, 0.05) is 6.07 Å². The van der Waals surface area contributed by atoms with Crippen molar-refractivity contribution >= 4 is 29.2 Å². The fourth-order valence-electron chi connectivity index (χ4n) is 3.09. The number of carbonyl (C=O) groups excluding carboxylic acids is 2. The maximum absolute atomic E-state index is 12.8. The number of nitro groups is 1. The molecule has 9 nitrogen and oxygen atoms in total. The van der Waals surface area contributed by atoms with Crippen LogP contribution in [0.5, 0.6) is 11.5 Å². The number of ether oxygens (including phenoxy) is 1. The summed E-state index contributed by atoms with van der Waals surface area (Å²) in [7, 11) is 0. The first kappa shape index (κ1) is 18.8. The van der Waals surface area contributed by atoms with Gasteiger partial charge in [0.1, 0.15) is 11.5 Å². The molecule has 3 aromatic rings. The molecule has 0 aromatic heterocycles. The second-order valence-corrected chi connectivity index (χ2v) is 6.37. The fraction of sp³-hybridized carbons (Fsp3) is 0. The SMILES string of the molecule is O=C(O)c1cccc(N2C(=O)c3ccc(Oc4cccc([N+](=O)[O-])c4)cc3C2=O)c1. The Morgan fingerprint density at radius 2 is 1.60 bits per heavy atom. The minimum absolute atomic E-state index is 0.0567. The standard InChI is InChI=1S/C21H12N2O7/c24-19-17-8-7-16(30-15-6-2-5-14(10-15)23(28)29)11-18(17)20(25)22(19)13-4-1-3-12(9-13)21(26)27/h1-11H,(H,26,27). The highest BCUT2D eigenvalue weighted by Gasteiger charge is 2.37. The number of benzene rings is 3. The maximum Gasteiger partial charge on any atom is 0.335 e. The van der Waals surface area contributed by atoms with E-state index in [2.05, 4.69) is 0 Å². The number of carbonyl (C=O) groups is 3. The summed E-state index contributed by atoms with van der Waals surface area (Å²) in [6, 6.07) is 15.3. The van der Waals surface area contributed by atoms with Crippen LogP contribution >= 0.6 is 0 Å². The normalized spacial score (nSPS) is 12.6. The summed E-state index contributed by atoms with van der Waals surface area (Å²) in [4.78, 5) is 48.0. The van der Waals surface area contributed by atoms with Crippen LogP contribution < -0.4 is 9.64 Å². The molecule has 0 spiro atoms. The molecular weight excluding hydrogens is 392 g/mol. The largest absolute Gasteiger partial charge is 0.478 e. The summed E-state index contributed by atoms with van der Waals surface area (Å²) in [5.74, 6) is -1.97. The van der Waals surface area contributed by atoms with Gasteiger partial charge in [0.15, 0.2) is 0 Å². The lowest BCUT2D eigenvalue weighted by Crippen LogP contribution is -2.29. The van der Waals surface area contributed by atoms with E-state index in [1.807, 2.05) is 0 Å². The molecule has 3 aromatic carbocycles. The Bertz CT molecular complexity index is 1240. The Kier molecular flexibility index (Phi) is 4.47. The molecule has 1 aliphatic heterocycles. The minimum Gasteiger partial charge on any atom is -0.478 e. The first-order valence-electron chi connectivity index (χ1n) is 8.63. The predicted octanol–water partition coefficient (Wildman–Crippen LogP) is 3.89. The smallest absolute Gasteiger partial charge is 0.335 e. The summed E-state index contributed by atoms with van der Waals surface area (Å²) in [5, 5.41) is 20.0. The van der Waals surface area contributed by atoms with Gasteiger partial charge in [0.2, 0.25) is 0 Å².